The highest BCUT2D eigenvalue weighted by atomic mass is 16.4. The smallest absolute Gasteiger partial charge is 0.328 e. The van der Waals surface area contributed by atoms with Crippen LogP contribution in [0.5, 0.6) is 0 Å². The predicted molar refractivity (Wildman–Crippen MR) is 83.1 cm³/mol. The van der Waals surface area contributed by atoms with Crippen LogP contribution in [0.4, 0.5) is 5.69 Å². The number of anilines is 1. The van der Waals surface area contributed by atoms with Crippen molar-refractivity contribution in [2.24, 2.45) is 5.92 Å². The highest BCUT2D eigenvalue weighted by molar-refractivity contribution is 5.87. The van der Waals surface area contributed by atoms with Crippen LogP contribution in [0.15, 0.2) is 24.3 Å². The van der Waals surface area contributed by atoms with Gasteiger partial charge in [-0.05, 0) is 56.4 Å². The van der Waals surface area contributed by atoms with Crippen molar-refractivity contribution >= 4 is 17.7 Å². The molecule has 3 heteroatoms. The molecule has 0 heterocycles. The molecule has 1 saturated carbocycles. The molecule has 0 radical (unpaired) electrons. The molecule has 0 amide bonds. The van der Waals surface area contributed by atoms with Crippen LogP contribution in [0.1, 0.15) is 37.3 Å². The summed E-state index contributed by atoms with van der Waals surface area (Å²) in [6, 6.07) is 6.26. The molecule has 0 atom stereocenters. The molecule has 0 saturated heterocycles. The van der Waals surface area contributed by atoms with Crippen molar-refractivity contribution in [2.45, 2.75) is 33.1 Å². The van der Waals surface area contributed by atoms with E-state index in [1.165, 1.54) is 25.3 Å². The molecule has 20 heavy (non-hydrogen) atoms. The third kappa shape index (κ3) is 3.62. The lowest BCUT2D eigenvalue weighted by molar-refractivity contribution is -0.131. The summed E-state index contributed by atoms with van der Waals surface area (Å²) in [6.45, 7) is 6.22. The van der Waals surface area contributed by atoms with Crippen LogP contribution < -0.4 is 4.90 Å². The number of carbonyl (C=O) groups is 1. The van der Waals surface area contributed by atoms with E-state index in [9.17, 15) is 4.79 Å². The van der Waals surface area contributed by atoms with Gasteiger partial charge in [0.25, 0.3) is 0 Å². The van der Waals surface area contributed by atoms with Crippen LogP contribution in [0.3, 0.4) is 0 Å². The molecule has 1 aliphatic rings. The van der Waals surface area contributed by atoms with Crippen molar-refractivity contribution in [1.82, 2.24) is 0 Å². The Balaban J connectivity index is 2.24. The van der Waals surface area contributed by atoms with Crippen LogP contribution >= 0.6 is 0 Å². The Morgan fingerprint density at radius 3 is 2.75 bits per heavy atom. The highest BCUT2D eigenvalue weighted by Gasteiger charge is 2.21. The van der Waals surface area contributed by atoms with Gasteiger partial charge in [-0.3, -0.25) is 0 Å². The first-order valence-corrected chi connectivity index (χ1v) is 7.36. The van der Waals surface area contributed by atoms with Gasteiger partial charge in [0.1, 0.15) is 0 Å². The van der Waals surface area contributed by atoms with E-state index in [1.54, 1.807) is 6.08 Å². The maximum Gasteiger partial charge on any atom is 0.328 e. The van der Waals surface area contributed by atoms with Crippen molar-refractivity contribution in [3.05, 3.63) is 35.4 Å². The average molecular weight is 273 g/mol. The second-order valence-corrected chi connectivity index (χ2v) is 5.57. The summed E-state index contributed by atoms with van der Waals surface area (Å²) in [7, 11) is 0. The predicted octanol–water partition coefficient (Wildman–Crippen LogP) is 3.72. The molecule has 1 aliphatic carbocycles. The molecule has 0 bridgehead atoms. The van der Waals surface area contributed by atoms with E-state index in [2.05, 4.69) is 30.0 Å². The Labute approximate surface area is 120 Å². The van der Waals surface area contributed by atoms with Crippen molar-refractivity contribution in [3.63, 3.8) is 0 Å². The number of hydrogen-bond acceptors (Lipinski definition) is 2. The molecule has 0 unspecified atom stereocenters. The first kappa shape index (κ1) is 14.6. The molecule has 2 rings (SSSR count). The summed E-state index contributed by atoms with van der Waals surface area (Å²) in [5.74, 6) is -0.105. The fraction of sp³-hybridized carbons (Fsp3) is 0.471. The number of aryl methyl sites for hydroxylation is 1. The summed E-state index contributed by atoms with van der Waals surface area (Å²) in [5, 5.41) is 8.82. The van der Waals surface area contributed by atoms with Gasteiger partial charge < -0.3 is 10.0 Å². The number of nitrogens with zero attached hydrogens (tertiary/aromatic N) is 1. The van der Waals surface area contributed by atoms with Gasteiger partial charge in [0.2, 0.25) is 0 Å². The quantitative estimate of drug-likeness (QED) is 0.803. The molecule has 1 aromatic rings. The molecule has 0 aromatic heterocycles. The topological polar surface area (TPSA) is 40.5 Å². The van der Waals surface area contributed by atoms with Gasteiger partial charge in [0.05, 0.1) is 0 Å². The van der Waals surface area contributed by atoms with Gasteiger partial charge in [-0.1, -0.05) is 18.1 Å². The first-order chi connectivity index (χ1) is 9.60. The summed E-state index contributed by atoms with van der Waals surface area (Å²) in [6.07, 6.45) is 6.91. The van der Waals surface area contributed by atoms with E-state index in [4.69, 9.17) is 5.11 Å². The number of aliphatic carboxylic acids is 1. The van der Waals surface area contributed by atoms with E-state index in [0.29, 0.717) is 0 Å². The van der Waals surface area contributed by atoms with Crippen molar-refractivity contribution in [3.8, 4) is 0 Å². The highest BCUT2D eigenvalue weighted by Crippen LogP contribution is 2.30. The van der Waals surface area contributed by atoms with E-state index in [0.717, 1.165) is 35.8 Å². The van der Waals surface area contributed by atoms with E-state index < -0.39 is 5.97 Å². The third-order valence-corrected chi connectivity index (χ3v) is 4.01. The van der Waals surface area contributed by atoms with Crippen molar-refractivity contribution < 1.29 is 9.90 Å². The number of benzene rings is 1. The third-order valence-electron chi connectivity index (χ3n) is 4.01. The Morgan fingerprint density at radius 2 is 2.20 bits per heavy atom. The Bertz CT molecular complexity index is 504. The van der Waals surface area contributed by atoms with Gasteiger partial charge in [0.15, 0.2) is 0 Å². The van der Waals surface area contributed by atoms with Crippen molar-refractivity contribution in [2.75, 3.05) is 18.0 Å². The molecule has 1 aromatic carbocycles. The molecular formula is C17H23NO2. The van der Waals surface area contributed by atoms with Gasteiger partial charge in [-0.25, -0.2) is 4.79 Å². The molecule has 3 nitrogen and oxygen atoms in total. The van der Waals surface area contributed by atoms with Gasteiger partial charge >= 0.3 is 5.97 Å². The fourth-order valence-corrected chi connectivity index (χ4v) is 2.64. The van der Waals surface area contributed by atoms with Crippen LogP contribution in [0, 0.1) is 12.8 Å². The second kappa shape index (κ2) is 6.60. The molecule has 1 fully saturated rings. The largest absolute Gasteiger partial charge is 0.478 e. The number of hydrogen-bond donors (Lipinski definition) is 1. The van der Waals surface area contributed by atoms with Gasteiger partial charge in [-0.15, -0.1) is 0 Å². The molecule has 1 N–H and O–H groups in total. The van der Waals surface area contributed by atoms with Crippen LogP contribution in [-0.2, 0) is 4.79 Å². The zero-order valence-electron chi connectivity index (χ0n) is 12.3. The molecule has 0 aliphatic heterocycles. The summed E-state index contributed by atoms with van der Waals surface area (Å²) >= 11 is 0. The SMILES string of the molecule is CCN(CC1CCC1)c1ccc(C)cc1/C=C/C(=O)O. The standard InChI is InChI=1S/C17H23NO2/c1-3-18(12-14-5-4-6-14)16-9-7-13(2)11-15(16)8-10-17(19)20/h7-11,14H,3-6,12H2,1-2H3,(H,19,20)/b10-8+. The van der Waals surface area contributed by atoms with E-state index >= 15 is 0 Å². The first-order valence-electron chi connectivity index (χ1n) is 7.36. The number of carboxylic acids is 1. The molecular weight excluding hydrogens is 250 g/mol. The minimum Gasteiger partial charge on any atom is -0.478 e. The number of rotatable bonds is 6. The normalized spacial score (nSPS) is 15.3. The van der Waals surface area contributed by atoms with Gasteiger partial charge in [0, 0.05) is 24.9 Å². The number of carboxylic acid groups (broad SMARTS) is 1. The second-order valence-electron chi connectivity index (χ2n) is 5.57. The zero-order valence-corrected chi connectivity index (χ0v) is 12.3. The summed E-state index contributed by atoms with van der Waals surface area (Å²) < 4.78 is 0. The van der Waals surface area contributed by atoms with E-state index in [1.807, 2.05) is 6.92 Å². The maximum absolute atomic E-state index is 10.7. The van der Waals surface area contributed by atoms with E-state index in [-0.39, 0.29) is 0 Å². The lowest BCUT2D eigenvalue weighted by Crippen LogP contribution is -2.32. The Morgan fingerprint density at radius 1 is 1.45 bits per heavy atom. The molecule has 0 spiro atoms. The minimum absolute atomic E-state index is 0.799. The van der Waals surface area contributed by atoms with Crippen LogP contribution in [-0.4, -0.2) is 24.2 Å². The Hall–Kier alpha value is -1.77. The summed E-state index contributed by atoms with van der Waals surface area (Å²) in [5.41, 5.74) is 3.29. The van der Waals surface area contributed by atoms with Crippen LogP contribution in [0.2, 0.25) is 0 Å². The summed E-state index contributed by atoms with van der Waals surface area (Å²) in [4.78, 5) is 13.1. The van der Waals surface area contributed by atoms with Crippen molar-refractivity contribution in [1.29, 1.82) is 0 Å². The monoisotopic (exact) mass is 273 g/mol. The average Bonchev–Trinajstić information content (AvgIpc) is 2.36. The zero-order chi connectivity index (χ0) is 14.5. The lowest BCUT2D eigenvalue weighted by Gasteiger charge is -2.34. The van der Waals surface area contributed by atoms with Gasteiger partial charge in [-0.2, -0.15) is 0 Å². The maximum atomic E-state index is 10.7. The fourth-order valence-electron chi connectivity index (χ4n) is 2.64. The minimum atomic E-state index is -0.903. The lowest BCUT2D eigenvalue weighted by atomic mass is 9.85. The van der Waals surface area contributed by atoms with Crippen LogP contribution in [0.25, 0.3) is 6.08 Å². The molecule has 108 valence electrons. The Kier molecular flexibility index (Phi) is 4.83.